The molecule has 0 spiro atoms. The van der Waals surface area contributed by atoms with Crippen LogP contribution < -0.4 is 5.73 Å². The van der Waals surface area contributed by atoms with E-state index in [4.69, 9.17) is 24.7 Å². The number of hydrogen-bond donors (Lipinski definition) is 23. The van der Waals surface area contributed by atoms with Crippen molar-refractivity contribution in [3.8, 4) is 0 Å². The van der Waals surface area contributed by atoms with Gasteiger partial charge >= 0.3 is 0 Å². The average Bonchev–Trinajstić information content (AvgIpc) is 3.33. The zero-order valence-corrected chi connectivity index (χ0v) is 38.3. The average molecular weight is 1010 g/mol. The Bertz CT molecular complexity index is 1590. The quantitative estimate of drug-likeness (QED) is 0.0334. The van der Waals surface area contributed by atoms with E-state index in [9.17, 15) is 112 Å². The summed E-state index contributed by atoms with van der Waals surface area (Å²) >= 11 is 0. The lowest BCUT2D eigenvalue weighted by Crippen LogP contribution is -3.01. The molecule has 27 heteroatoms. The molecule has 0 saturated carbocycles. The molecule has 0 aromatic heterocycles. The molecule has 0 aliphatic carbocycles. The summed E-state index contributed by atoms with van der Waals surface area (Å²) in [7, 11) is 0. The predicted molar refractivity (Wildman–Crippen MR) is 227 cm³/mol. The van der Waals surface area contributed by atoms with E-state index in [-0.39, 0.29) is 18.9 Å². The molecule has 0 aromatic carbocycles. The molecule has 22 atom stereocenters. The molecule has 4 saturated heterocycles. The lowest BCUT2D eigenvalue weighted by molar-refractivity contribution is -0.531. The maximum atomic E-state index is 13.8. The third kappa shape index (κ3) is 9.80. The Kier molecular flexibility index (Phi) is 20.5. The van der Waals surface area contributed by atoms with Gasteiger partial charge in [-0.3, -0.25) is 0 Å². The molecule has 4 fully saturated rings. The third-order valence-electron chi connectivity index (χ3n) is 14.5. The van der Waals surface area contributed by atoms with Gasteiger partial charge in [0.25, 0.3) is 0 Å². The number of ether oxygens (including phenoxy) is 4. The van der Waals surface area contributed by atoms with Crippen molar-refractivity contribution in [3.63, 3.8) is 0 Å². The van der Waals surface area contributed by atoms with E-state index in [2.05, 4.69) is 6.92 Å². The second-order valence-corrected chi connectivity index (χ2v) is 18.9. The molecule has 406 valence electrons. The van der Waals surface area contributed by atoms with E-state index in [1.54, 1.807) is 0 Å². The summed E-state index contributed by atoms with van der Waals surface area (Å²) in [5.74, 6) is -19.0. The van der Waals surface area contributed by atoms with Gasteiger partial charge in [-0.05, 0) is 18.9 Å². The van der Waals surface area contributed by atoms with Gasteiger partial charge in [-0.1, -0.05) is 77.2 Å². The Morgan fingerprint density at radius 3 is 1.03 bits per heavy atom. The van der Waals surface area contributed by atoms with Crippen LogP contribution in [0.1, 0.15) is 84.0 Å². The molecule has 69 heavy (non-hydrogen) atoms. The van der Waals surface area contributed by atoms with E-state index in [1.807, 2.05) is 0 Å². The van der Waals surface area contributed by atoms with Crippen molar-refractivity contribution in [1.82, 2.24) is 0 Å². The second kappa shape index (κ2) is 23.5. The highest BCUT2D eigenvalue weighted by Gasteiger charge is 2.92. The van der Waals surface area contributed by atoms with Crippen molar-refractivity contribution >= 4 is 0 Å². The molecule has 4 aliphatic heterocycles. The first-order chi connectivity index (χ1) is 32.2. The summed E-state index contributed by atoms with van der Waals surface area (Å²) in [5, 5.41) is 256. The minimum Gasteiger partial charge on any atom is -0.394 e. The van der Waals surface area contributed by atoms with Gasteiger partial charge in [0.1, 0.15) is 97.7 Å². The second-order valence-electron chi connectivity index (χ2n) is 18.9. The summed E-state index contributed by atoms with van der Waals surface area (Å²) in [6, 6.07) is 0. The SMILES string of the molecule is CCCCCCCCCCCCC/C=C/[C@](O)(C1(O)OC(CO)C(O)C(O)C1O)[C@@](N)(C1(O)OC(CO)C(O)C(O)C1O)C(O)(C1(O)OC(CO)C(O)C(O)C1O)C1(O)OC(CO)C(O)C(O)C1O. The van der Waals surface area contributed by atoms with Crippen LogP contribution in [0.5, 0.6) is 0 Å². The molecule has 4 aliphatic rings. The summed E-state index contributed by atoms with van der Waals surface area (Å²) in [5.41, 5.74) is -8.29. The smallest absolute Gasteiger partial charge is 0.232 e. The van der Waals surface area contributed by atoms with E-state index in [0.29, 0.717) is 12.8 Å². The molecule has 0 amide bonds. The van der Waals surface area contributed by atoms with E-state index >= 15 is 0 Å². The highest BCUT2D eigenvalue weighted by atomic mass is 16.7. The fourth-order valence-corrected chi connectivity index (χ4v) is 10.2. The number of aliphatic hydroxyl groups is 22. The van der Waals surface area contributed by atoms with E-state index in [0.717, 1.165) is 57.4 Å². The summed E-state index contributed by atoms with van der Waals surface area (Å²) < 4.78 is 21.6. The van der Waals surface area contributed by atoms with Gasteiger partial charge in [-0.15, -0.1) is 0 Å². The molecule has 0 bridgehead atoms. The predicted octanol–water partition coefficient (Wildman–Crippen LogP) is -9.95. The van der Waals surface area contributed by atoms with Crippen LogP contribution in [0.15, 0.2) is 12.2 Å². The Hall–Kier alpha value is -1.34. The molecule has 0 radical (unpaired) electrons. The maximum Gasteiger partial charge on any atom is 0.232 e. The van der Waals surface area contributed by atoms with Crippen LogP contribution in [0.4, 0.5) is 0 Å². The number of aliphatic hydroxyl groups excluding tert-OH is 16. The molecule has 4 heterocycles. The number of allylic oxidation sites excluding steroid dienone is 1. The zero-order valence-electron chi connectivity index (χ0n) is 38.3. The van der Waals surface area contributed by atoms with Crippen molar-refractivity contribution < 1.29 is 131 Å². The normalized spacial score (nSPS) is 46.0. The molecule has 24 N–H and O–H groups in total. The van der Waals surface area contributed by atoms with Crippen LogP contribution in [0.25, 0.3) is 0 Å². The minimum atomic E-state index is -5.42. The van der Waals surface area contributed by atoms with Gasteiger partial charge in [0.15, 0.2) is 11.1 Å². The molecular formula is C42H77NO26. The third-order valence-corrected chi connectivity index (χ3v) is 14.5. The monoisotopic (exact) mass is 1010 g/mol. The highest BCUT2D eigenvalue weighted by molar-refractivity contribution is 5.41. The van der Waals surface area contributed by atoms with Crippen LogP contribution in [0, 0.1) is 0 Å². The summed E-state index contributed by atoms with van der Waals surface area (Å²) in [6.07, 6.45) is -35.8. The van der Waals surface area contributed by atoms with Crippen LogP contribution in [0.3, 0.4) is 0 Å². The molecular weight excluding hydrogens is 934 g/mol. The first kappa shape index (κ1) is 60.2. The fraction of sp³-hybridized carbons (Fsp3) is 0.952. The van der Waals surface area contributed by atoms with Gasteiger partial charge in [0.05, 0.1) is 26.4 Å². The van der Waals surface area contributed by atoms with Crippen LogP contribution >= 0.6 is 0 Å². The number of hydrogen-bond acceptors (Lipinski definition) is 27. The molecule has 27 nitrogen and oxygen atoms in total. The Morgan fingerprint density at radius 2 is 0.696 bits per heavy atom. The fourth-order valence-electron chi connectivity index (χ4n) is 10.2. The van der Waals surface area contributed by atoms with Crippen molar-refractivity contribution in [1.29, 1.82) is 0 Å². The molecule has 0 aromatic rings. The van der Waals surface area contributed by atoms with Gasteiger partial charge in [-0.2, -0.15) is 0 Å². The number of unbranched alkanes of at least 4 members (excludes halogenated alkanes) is 11. The Balaban J connectivity index is 2.16. The van der Waals surface area contributed by atoms with Gasteiger partial charge in [-0.25, -0.2) is 0 Å². The van der Waals surface area contributed by atoms with Crippen molar-refractivity contribution in [2.45, 2.75) is 222 Å². The number of rotatable bonds is 23. The van der Waals surface area contributed by atoms with Crippen LogP contribution in [-0.4, -0.2) is 276 Å². The Morgan fingerprint density at radius 1 is 0.420 bits per heavy atom. The lowest BCUT2D eigenvalue weighted by atomic mass is 9.50. The topological polar surface area (TPSA) is 508 Å². The van der Waals surface area contributed by atoms with Crippen LogP contribution in [-0.2, 0) is 18.9 Å². The van der Waals surface area contributed by atoms with Crippen molar-refractivity contribution in [2.75, 3.05) is 26.4 Å². The van der Waals surface area contributed by atoms with E-state index in [1.165, 1.54) is 0 Å². The first-order valence-corrected chi connectivity index (χ1v) is 23.3. The Labute approximate surface area is 396 Å². The van der Waals surface area contributed by atoms with Crippen molar-refractivity contribution in [3.05, 3.63) is 12.2 Å². The highest BCUT2D eigenvalue weighted by Crippen LogP contribution is 2.61. The van der Waals surface area contributed by atoms with Gasteiger partial charge in [0, 0.05) is 0 Å². The summed E-state index contributed by atoms with van der Waals surface area (Å²) in [4.78, 5) is 0. The van der Waals surface area contributed by atoms with Crippen molar-refractivity contribution in [2.24, 2.45) is 5.73 Å². The standard InChI is InChI=1S/C42H77NO26/c1-2-3-4-5-6-7-8-9-10-11-12-13-14-15-36(60,37(61)32(56)28(52)24(48)20(16-44)66-37)41(43,38(62)33(57)29(53)25(49)21(17-45)67-38)42(65,39(63)34(58)30(54)26(50)22(18-46)68-39)40(64)35(59)31(55)27(51)23(19-47)69-40/h14-15,20-35,44-65H,2-13,16-19,43H2,1H3/b15-14+/t20?,21?,22?,23?,24?,25?,26?,27?,28?,29?,30?,31?,32?,33?,34?,35?,36-,37?,38?,39?,40?,41+,42?/m0/s1. The largest absolute Gasteiger partial charge is 0.394 e. The molecule has 4 rings (SSSR count). The zero-order chi connectivity index (χ0) is 52.3. The first-order valence-electron chi connectivity index (χ1n) is 23.3. The molecule has 20 unspecified atom stereocenters. The minimum absolute atomic E-state index is 0.163. The van der Waals surface area contributed by atoms with Gasteiger partial charge < -0.3 is 137 Å². The lowest BCUT2D eigenvalue weighted by Gasteiger charge is -2.71. The van der Waals surface area contributed by atoms with Gasteiger partial charge in [0.2, 0.25) is 28.7 Å². The van der Waals surface area contributed by atoms with E-state index < -0.39 is 164 Å². The van der Waals surface area contributed by atoms with Crippen LogP contribution in [0.2, 0.25) is 0 Å². The summed E-state index contributed by atoms with van der Waals surface area (Å²) in [6.45, 7) is -4.05. The maximum absolute atomic E-state index is 13.8. The number of nitrogens with two attached hydrogens (primary N) is 1.